The van der Waals surface area contributed by atoms with Crippen molar-refractivity contribution in [2.75, 3.05) is 4.90 Å². The van der Waals surface area contributed by atoms with E-state index >= 15 is 0 Å². The smallest absolute Gasteiger partial charge is 0.264 e. The minimum Gasteiger partial charge on any atom is -0.293 e. The summed E-state index contributed by atoms with van der Waals surface area (Å²) in [4.78, 5) is 11.4. The summed E-state index contributed by atoms with van der Waals surface area (Å²) in [5.41, 5.74) is 2.53. The molecular formula is C29H31FN4O2S. The average molecular weight is 519 g/mol. The molecule has 0 atom stereocenters. The quantitative estimate of drug-likeness (QED) is 0.240. The maximum atomic E-state index is 14.5. The lowest BCUT2D eigenvalue weighted by molar-refractivity contribution is 0.591. The molecule has 0 aliphatic carbocycles. The van der Waals surface area contributed by atoms with E-state index in [1.807, 2.05) is 71.0 Å². The van der Waals surface area contributed by atoms with Gasteiger partial charge in [-0.2, -0.15) is 0 Å². The SMILES string of the molecule is Cc1ccc(S(=O)(=O)NC(=NC(C)C)N(c2nc(-c3ccccc3)cc3ccc(F)cc23)C(C)C)cc1. The van der Waals surface area contributed by atoms with Crippen molar-refractivity contribution in [3.63, 3.8) is 0 Å². The van der Waals surface area contributed by atoms with Crippen LogP contribution in [0.3, 0.4) is 0 Å². The first-order chi connectivity index (χ1) is 17.5. The fraction of sp³-hybridized carbons (Fsp3) is 0.241. The van der Waals surface area contributed by atoms with E-state index in [1.165, 1.54) is 12.1 Å². The Morgan fingerprint density at radius 2 is 1.62 bits per heavy atom. The Balaban J connectivity index is 1.92. The average Bonchev–Trinajstić information content (AvgIpc) is 2.84. The predicted molar refractivity (Wildman–Crippen MR) is 149 cm³/mol. The monoisotopic (exact) mass is 518 g/mol. The number of benzene rings is 3. The summed E-state index contributed by atoms with van der Waals surface area (Å²) in [7, 11) is -3.96. The Kier molecular flexibility index (Phi) is 7.59. The molecule has 1 heterocycles. The summed E-state index contributed by atoms with van der Waals surface area (Å²) in [6, 6.07) is 22.2. The van der Waals surface area contributed by atoms with Crippen molar-refractivity contribution in [2.45, 2.75) is 51.6 Å². The van der Waals surface area contributed by atoms with E-state index in [2.05, 4.69) is 9.71 Å². The van der Waals surface area contributed by atoms with Crippen LogP contribution in [0, 0.1) is 12.7 Å². The highest BCUT2D eigenvalue weighted by atomic mass is 32.2. The standard InChI is InChI=1S/C29H31FN4O2S/c1-19(2)31-29(33-37(35,36)25-15-11-21(5)12-16-25)34(20(3)4)28-26-18-24(30)14-13-23(26)17-27(32-28)22-9-7-6-8-10-22/h6-20H,1-5H3,(H,31,33). The number of hydrogen-bond donors (Lipinski definition) is 1. The first kappa shape index (κ1) is 26.3. The highest BCUT2D eigenvalue weighted by Gasteiger charge is 2.27. The van der Waals surface area contributed by atoms with Gasteiger partial charge in [-0.25, -0.2) is 27.5 Å². The van der Waals surface area contributed by atoms with Crippen molar-refractivity contribution in [3.8, 4) is 11.3 Å². The Bertz CT molecular complexity index is 1530. The minimum absolute atomic E-state index is 0.119. The van der Waals surface area contributed by atoms with Gasteiger partial charge in [-0.1, -0.05) is 54.1 Å². The molecule has 0 spiro atoms. The van der Waals surface area contributed by atoms with Crippen LogP contribution in [0.1, 0.15) is 33.3 Å². The van der Waals surface area contributed by atoms with Gasteiger partial charge < -0.3 is 0 Å². The van der Waals surface area contributed by atoms with Gasteiger partial charge in [0.25, 0.3) is 10.0 Å². The second-order valence-corrected chi connectivity index (χ2v) is 11.2. The van der Waals surface area contributed by atoms with Crippen LogP contribution in [0.2, 0.25) is 0 Å². The molecule has 0 amide bonds. The highest BCUT2D eigenvalue weighted by molar-refractivity contribution is 7.90. The molecule has 37 heavy (non-hydrogen) atoms. The largest absolute Gasteiger partial charge is 0.293 e. The number of hydrogen-bond acceptors (Lipinski definition) is 4. The summed E-state index contributed by atoms with van der Waals surface area (Å²) >= 11 is 0. The van der Waals surface area contributed by atoms with E-state index in [-0.39, 0.29) is 22.9 Å². The number of guanidine groups is 1. The normalized spacial score (nSPS) is 12.4. The number of aryl methyl sites for hydroxylation is 1. The molecule has 0 aliphatic rings. The molecule has 0 bridgehead atoms. The maximum Gasteiger partial charge on any atom is 0.264 e. The van der Waals surface area contributed by atoms with Gasteiger partial charge in [-0.05, 0) is 70.3 Å². The molecule has 1 N–H and O–H groups in total. The third-order valence-electron chi connectivity index (χ3n) is 5.75. The molecule has 0 unspecified atom stereocenters. The molecule has 4 rings (SSSR count). The summed E-state index contributed by atoms with van der Waals surface area (Å²) in [6.45, 7) is 9.45. The Morgan fingerprint density at radius 3 is 2.24 bits per heavy atom. The maximum absolute atomic E-state index is 14.5. The Hall–Kier alpha value is -3.78. The van der Waals surface area contributed by atoms with Crippen molar-refractivity contribution in [1.82, 2.24) is 9.71 Å². The van der Waals surface area contributed by atoms with Crippen LogP contribution in [-0.4, -0.2) is 31.4 Å². The lowest BCUT2D eigenvalue weighted by Crippen LogP contribution is -2.48. The van der Waals surface area contributed by atoms with Crippen molar-refractivity contribution >= 4 is 32.6 Å². The summed E-state index contributed by atoms with van der Waals surface area (Å²) < 4.78 is 43.9. The molecular weight excluding hydrogens is 487 g/mol. The van der Waals surface area contributed by atoms with Crippen molar-refractivity contribution in [3.05, 3.63) is 90.2 Å². The third-order valence-corrected chi connectivity index (χ3v) is 7.10. The van der Waals surface area contributed by atoms with Crippen LogP contribution < -0.4 is 9.62 Å². The van der Waals surface area contributed by atoms with E-state index < -0.39 is 15.8 Å². The fourth-order valence-electron chi connectivity index (χ4n) is 4.01. The number of aliphatic imine (C=N–C) groups is 1. The number of nitrogens with one attached hydrogen (secondary N) is 1. The number of nitrogens with zero attached hydrogens (tertiary/aromatic N) is 3. The van der Waals surface area contributed by atoms with Gasteiger partial charge in [0.2, 0.25) is 5.96 Å². The molecule has 0 aliphatic heterocycles. The second-order valence-electron chi connectivity index (χ2n) is 9.49. The molecule has 0 fully saturated rings. The molecule has 3 aromatic carbocycles. The van der Waals surface area contributed by atoms with Gasteiger partial charge in [0.15, 0.2) is 0 Å². The predicted octanol–water partition coefficient (Wildman–Crippen LogP) is 6.31. The number of anilines is 1. The topological polar surface area (TPSA) is 74.7 Å². The van der Waals surface area contributed by atoms with Crippen LogP contribution in [-0.2, 0) is 10.0 Å². The van der Waals surface area contributed by atoms with Crippen LogP contribution in [0.4, 0.5) is 10.2 Å². The van der Waals surface area contributed by atoms with Gasteiger partial charge in [-0.15, -0.1) is 0 Å². The van der Waals surface area contributed by atoms with Gasteiger partial charge in [-0.3, -0.25) is 4.90 Å². The van der Waals surface area contributed by atoms with Crippen molar-refractivity contribution in [2.24, 2.45) is 4.99 Å². The van der Waals surface area contributed by atoms with E-state index in [4.69, 9.17) is 4.98 Å². The molecule has 192 valence electrons. The molecule has 0 saturated carbocycles. The van der Waals surface area contributed by atoms with Gasteiger partial charge in [0.1, 0.15) is 11.6 Å². The number of rotatable bonds is 6. The summed E-state index contributed by atoms with van der Waals surface area (Å²) in [6.07, 6.45) is 0. The first-order valence-electron chi connectivity index (χ1n) is 12.2. The van der Waals surface area contributed by atoms with Crippen LogP contribution in [0.15, 0.2) is 88.8 Å². The van der Waals surface area contributed by atoms with Gasteiger partial charge in [0.05, 0.1) is 10.6 Å². The van der Waals surface area contributed by atoms with Crippen LogP contribution in [0.25, 0.3) is 22.0 Å². The van der Waals surface area contributed by atoms with Crippen molar-refractivity contribution in [1.29, 1.82) is 0 Å². The van der Waals surface area contributed by atoms with Crippen LogP contribution in [0.5, 0.6) is 0 Å². The van der Waals surface area contributed by atoms with E-state index in [0.717, 1.165) is 16.5 Å². The molecule has 0 saturated heterocycles. The van der Waals surface area contributed by atoms with Crippen molar-refractivity contribution < 1.29 is 12.8 Å². The summed E-state index contributed by atoms with van der Waals surface area (Å²) in [5, 5.41) is 1.33. The zero-order valence-corrected chi connectivity index (χ0v) is 22.4. The molecule has 0 radical (unpaired) electrons. The fourth-order valence-corrected chi connectivity index (χ4v) is 5.01. The van der Waals surface area contributed by atoms with Gasteiger partial charge in [0, 0.05) is 23.0 Å². The van der Waals surface area contributed by atoms with Crippen LogP contribution >= 0.6 is 0 Å². The Labute approximate surface area is 217 Å². The third kappa shape index (κ3) is 5.97. The van der Waals surface area contributed by atoms with E-state index in [1.54, 1.807) is 35.2 Å². The Morgan fingerprint density at radius 1 is 0.946 bits per heavy atom. The molecule has 8 heteroatoms. The summed E-state index contributed by atoms with van der Waals surface area (Å²) in [5.74, 6) is 0.125. The number of pyridine rings is 1. The first-order valence-corrected chi connectivity index (χ1v) is 13.7. The zero-order chi connectivity index (χ0) is 26.7. The lowest BCUT2D eigenvalue weighted by atomic mass is 10.1. The lowest BCUT2D eigenvalue weighted by Gasteiger charge is -2.31. The number of fused-ring (bicyclic) bond motifs is 1. The number of sulfonamides is 1. The minimum atomic E-state index is -3.96. The van der Waals surface area contributed by atoms with E-state index in [0.29, 0.717) is 16.9 Å². The number of aromatic nitrogens is 1. The molecule has 6 nitrogen and oxygen atoms in total. The zero-order valence-electron chi connectivity index (χ0n) is 21.6. The second kappa shape index (κ2) is 10.7. The number of halogens is 1. The van der Waals surface area contributed by atoms with Gasteiger partial charge >= 0.3 is 0 Å². The van der Waals surface area contributed by atoms with E-state index in [9.17, 15) is 12.8 Å². The highest BCUT2D eigenvalue weighted by Crippen LogP contribution is 2.32. The molecule has 4 aromatic rings. The molecule has 1 aromatic heterocycles.